The molecule has 146 valence electrons. The van der Waals surface area contributed by atoms with Gasteiger partial charge in [-0.2, -0.15) is 0 Å². The van der Waals surface area contributed by atoms with Crippen molar-refractivity contribution in [1.82, 2.24) is 0 Å². The average molecular weight is 359 g/mol. The molecule has 1 N–H and O–H groups in total. The van der Waals surface area contributed by atoms with E-state index in [2.05, 4.69) is 33.8 Å². The van der Waals surface area contributed by atoms with Crippen molar-refractivity contribution in [1.29, 1.82) is 0 Å². The third-order valence-electron chi connectivity index (χ3n) is 6.75. The van der Waals surface area contributed by atoms with Gasteiger partial charge in [0.2, 0.25) is 0 Å². The van der Waals surface area contributed by atoms with E-state index in [9.17, 15) is 5.11 Å². The number of phenols is 1. The first-order chi connectivity index (χ1) is 12.4. The standard InChI is InChI=1S/C24H38O2/c1-5-6-7-8-9-10-11-18-15-21(25)23-19-14-17(2)12-13-20(19)24(3,4)26-22(23)16-18/h15-17,19-20,25H,5-14H2,1-4H3/t17-,19+,20+/m0/s1. The van der Waals surface area contributed by atoms with Crippen molar-refractivity contribution >= 4 is 0 Å². The van der Waals surface area contributed by atoms with Crippen molar-refractivity contribution in [2.45, 2.75) is 103 Å². The van der Waals surface area contributed by atoms with Gasteiger partial charge in [0.05, 0.1) is 0 Å². The zero-order valence-electron chi connectivity index (χ0n) is 17.3. The molecule has 1 aromatic carbocycles. The number of phenolic OH excluding ortho intramolecular Hbond substituents is 1. The Morgan fingerprint density at radius 1 is 1.08 bits per heavy atom. The second-order valence-electron chi connectivity index (χ2n) is 9.38. The summed E-state index contributed by atoms with van der Waals surface area (Å²) in [5.41, 5.74) is 2.19. The first-order valence-electron chi connectivity index (χ1n) is 11.0. The fraction of sp³-hybridized carbons (Fsp3) is 0.750. The summed E-state index contributed by atoms with van der Waals surface area (Å²) in [6.07, 6.45) is 12.5. The number of benzene rings is 1. The molecule has 0 unspecified atom stereocenters. The molecule has 1 aromatic rings. The van der Waals surface area contributed by atoms with Crippen molar-refractivity contribution < 1.29 is 9.84 Å². The predicted octanol–water partition coefficient (Wildman–Crippen LogP) is 6.99. The van der Waals surface area contributed by atoms with E-state index < -0.39 is 0 Å². The smallest absolute Gasteiger partial charge is 0.127 e. The summed E-state index contributed by atoms with van der Waals surface area (Å²) in [4.78, 5) is 0. The van der Waals surface area contributed by atoms with E-state index in [0.717, 1.165) is 23.7 Å². The topological polar surface area (TPSA) is 29.5 Å². The van der Waals surface area contributed by atoms with E-state index in [4.69, 9.17) is 4.74 Å². The fourth-order valence-corrected chi connectivity index (χ4v) is 5.27. The van der Waals surface area contributed by atoms with Gasteiger partial charge in [-0.1, -0.05) is 52.4 Å². The molecular weight excluding hydrogens is 320 g/mol. The molecule has 2 heteroatoms. The molecule has 3 atom stereocenters. The van der Waals surface area contributed by atoms with Gasteiger partial charge in [0, 0.05) is 11.5 Å². The second-order valence-corrected chi connectivity index (χ2v) is 9.38. The number of unbranched alkanes of at least 4 members (excludes halogenated alkanes) is 5. The number of rotatable bonds is 7. The molecule has 0 bridgehead atoms. The summed E-state index contributed by atoms with van der Waals surface area (Å²) in [5, 5.41) is 10.8. The normalized spacial score (nSPS) is 26.7. The van der Waals surface area contributed by atoms with Gasteiger partial charge in [-0.25, -0.2) is 0 Å². The summed E-state index contributed by atoms with van der Waals surface area (Å²) < 4.78 is 6.44. The molecule has 0 aromatic heterocycles. The molecule has 1 heterocycles. The quantitative estimate of drug-likeness (QED) is 0.532. The maximum Gasteiger partial charge on any atom is 0.127 e. The van der Waals surface area contributed by atoms with Crippen LogP contribution in [-0.2, 0) is 6.42 Å². The van der Waals surface area contributed by atoms with Crippen molar-refractivity contribution in [2.24, 2.45) is 11.8 Å². The molecule has 1 aliphatic carbocycles. The third kappa shape index (κ3) is 4.21. The van der Waals surface area contributed by atoms with Crippen LogP contribution in [-0.4, -0.2) is 10.7 Å². The van der Waals surface area contributed by atoms with E-state index in [1.807, 2.05) is 6.07 Å². The Labute approximate surface area is 160 Å². The largest absolute Gasteiger partial charge is 0.508 e. The van der Waals surface area contributed by atoms with Crippen molar-refractivity contribution in [2.75, 3.05) is 0 Å². The lowest BCUT2D eigenvalue weighted by Crippen LogP contribution is -2.46. The van der Waals surface area contributed by atoms with Gasteiger partial charge in [-0.3, -0.25) is 0 Å². The Morgan fingerprint density at radius 3 is 2.58 bits per heavy atom. The minimum absolute atomic E-state index is 0.136. The molecule has 1 aliphatic heterocycles. The Bertz CT molecular complexity index is 604. The molecule has 0 radical (unpaired) electrons. The predicted molar refractivity (Wildman–Crippen MR) is 109 cm³/mol. The van der Waals surface area contributed by atoms with Gasteiger partial charge in [-0.15, -0.1) is 0 Å². The van der Waals surface area contributed by atoms with E-state index in [0.29, 0.717) is 17.6 Å². The minimum atomic E-state index is -0.136. The van der Waals surface area contributed by atoms with Crippen LogP contribution in [0.1, 0.15) is 103 Å². The van der Waals surface area contributed by atoms with Crippen LogP contribution < -0.4 is 4.74 Å². The van der Waals surface area contributed by atoms with E-state index in [1.54, 1.807) is 0 Å². The number of aromatic hydroxyl groups is 1. The van der Waals surface area contributed by atoms with Crippen LogP contribution in [0.4, 0.5) is 0 Å². The lowest BCUT2D eigenvalue weighted by atomic mass is 9.64. The van der Waals surface area contributed by atoms with Crippen LogP contribution >= 0.6 is 0 Å². The van der Waals surface area contributed by atoms with Crippen LogP contribution in [0, 0.1) is 11.8 Å². The van der Waals surface area contributed by atoms with Crippen LogP contribution in [0.2, 0.25) is 0 Å². The maximum absolute atomic E-state index is 10.8. The summed E-state index contributed by atoms with van der Waals surface area (Å²) in [5.74, 6) is 3.12. The van der Waals surface area contributed by atoms with Gasteiger partial charge in [-0.05, 0) is 69.1 Å². The minimum Gasteiger partial charge on any atom is -0.508 e. The molecule has 2 aliphatic rings. The van der Waals surface area contributed by atoms with Gasteiger partial charge in [0.25, 0.3) is 0 Å². The van der Waals surface area contributed by atoms with E-state index in [1.165, 1.54) is 63.4 Å². The molecule has 0 saturated heterocycles. The van der Waals surface area contributed by atoms with E-state index in [-0.39, 0.29) is 5.60 Å². The summed E-state index contributed by atoms with van der Waals surface area (Å²) in [7, 11) is 0. The van der Waals surface area contributed by atoms with Crippen LogP contribution in [0.3, 0.4) is 0 Å². The van der Waals surface area contributed by atoms with E-state index >= 15 is 0 Å². The highest BCUT2D eigenvalue weighted by molar-refractivity contribution is 5.52. The van der Waals surface area contributed by atoms with Crippen molar-refractivity contribution in [3.05, 3.63) is 23.3 Å². The summed E-state index contributed by atoms with van der Waals surface area (Å²) in [6, 6.07) is 4.24. The Morgan fingerprint density at radius 2 is 1.81 bits per heavy atom. The average Bonchev–Trinajstić information content (AvgIpc) is 2.56. The Balaban J connectivity index is 1.73. The second kappa shape index (κ2) is 8.23. The SMILES string of the molecule is CCCCCCCCc1cc(O)c2c(c1)OC(C)(C)[C@@H]1CC[C@H](C)C[C@@H]21. The number of hydrogen-bond acceptors (Lipinski definition) is 2. The number of aryl methyl sites for hydroxylation is 1. The van der Waals surface area contributed by atoms with Crippen molar-refractivity contribution in [3.8, 4) is 11.5 Å². The summed E-state index contributed by atoms with van der Waals surface area (Å²) >= 11 is 0. The molecule has 0 amide bonds. The number of fused-ring (bicyclic) bond motifs is 3. The fourth-order valence-electron chi connectivity index (χ4n) is 5.27. The van der Waals surface area contributed by atoms with Gasteiger partial charge in [0.15, 0.2) is 0 Å². The highest BCUT2D eigenvalue weighted by atomic mass is 16.5. The molecule has 26 heavy (non-hydrogen) atoms. The van der Waals surface area contributed by atoms with Crippen LogP contribution in [0.15, 0.2) is 12.1 Å². The molecule has 1 fully saturated rings. The zero-order chi connectivity index (χ0) is 18.7. The van der Waals surface area contributed by atoms with Crippen LogP contribution in [0.25, 0.3) is 0 Å². The number of hydrogen-bond donors (Lipinski definition) is 1. The molecule has 3 rings (SSSR count). The monoisotopic (exact) mass is 358 g/mol. The summed E-state index contributed by atoms with van der Waals surface area (Å²) in [6.45, 7) is 9.08. The lowest BCUT2D eigenvalue weighted by molar-refractivity contribution is -0.0145. The highest BCUT2D eigenvalue weighted by Crippen LogP contribution is 2.55. The number of ether oxygens (including phenoxy) is 1. The first-order valence-corrected chi connectivity index (χ1v) is 11.0. The zero-order valence-corrected chi connectivity index (χ0v) is 17.3. The molecule has 1 saturated carbocycles. The Kier molecular flexibility index (Phi) is 6.20. The van der Waals surface area contributed by atoms with Crippen LogP contribution in [0.5, 0.6) is 11.5 Å². The lowest BCUT2D eigenvalue weighted by Gasteiger charge is -2.48. The molecule has 0 spiro atoms. The van der Waals surface area contributed by atoms with Crippen molar-refractivity contribution in [3.63, 3.8) is 0 Å². The Hall–Kier alpha value is -1.18. The molecular formula is C24H38O2. The first kappa shape index (κ1) is 19.6. The highest BCUT2D eigenvalue weighted by Gasteiger charge is 2.47. The maximum atomic E-state index is 10.8. The van der Waals surface area contributed by atoms with Gasteiger partial charge >= 0.3 is 0 Å². The molecule has 2 nitrogen and oxygen atoms in total. The van der Waals surface area contributed by atoms with Gasteiger partial charge in [0.1, 0.15) is 17.1 Å². The van der Waals surface area contributed by atoms with Gasteiger partial charge < -0.3 is 9.84 Å². The third-order valence-corrected chi connectivity index (χ3v) is 6.75.